The molecule has 0 amide bonds. The maximum atomic E-state index is 13.3. The van der Waals surface area contributed by atoms with Crippen LogP contribution in [0.25, 0.3) is 5.69 Å². The Bertz CT molecular complexity index is 1900. The quantitative estimate of drug-likeness (QED) is 0.0779. The van der Waals surface area contributed by atoms with Crippen LogP contribution in [-0.2, 0) is 30.3 Å². The van der Waals surface area contributed by atoms with Crippen LogP contribution in [-0.4, -0.2) is 69.0 Å². The third-order valence-corrected chi connectivity index (χ3v) is 7.42. The Morgan fingerprint density at radius 3 is 1.82 bits per heavy atom. The van der Waals surface area contributed by atoms with Gasteiger partial charge in [-0.1, -0.05) is 59.8 Å². The average Bonchev–Trinajstić information content (AvgIpc) is 3.75. The van der Waals surface area contributed by atoms with Crippen molar-refractivity contribution >= 4 is 23.6 Å². The SMILES string of the molecule is O=C(OCC1OC(OCc2cn(-c3ccc([N+](=O)[O-])cc3)nn2)C(OC(=O)c2ccccc2)C1OC(=O)c1ccccc1)c1ccccc1. The highest BCUT2D eigenvalue weighted by molar-refractivity contribution is 5.91. The minimum atomic E-state index is -1.30. The van der Waals surface area contributed by atoms with Crippen LogP contribution >= 0.6 is 0 Å². The molecule has 4 atom stereocenters. The normalized spacial score (nSPS) is 18.4. The van der Waals surface area contributed by atoms with Gasteiger partial charge >= 0.3 is 17.9 Å². The van der Waals surface area contributed by atoms with Crippen molar-refractivity contribution in [3.05, 3.63) is 154 Å². The molecule has 1 aliphatic rings. The fourth-order valence-corrected chi connectivity index (χ4v) is 4.96. The monoisotopic (exact) mass is 664 g/mol. The van der Waals surface area contributed by atoms with Crippen LogP contribution in [0.1, 0.15) is 36.8 Å². The summed E-state index contributed by atoms with van der Waals surface area (Å²) in [6.45, 7) is -0.553. The number of non-ortho nitro benzene ring substituents is 1. The van der Waals surface area contributed by atoms with E-state index in [1.165, 1.54) is 28.9 Å². The summed E-state index contributed by atoms with van der Waals surface area (Å²) >= 11 is 0. The second-order valence-electron chi connectivity index (χ2n) is 10.7. The fourth-order valence-electron chi connectivity index (χ4n) is 4.96. The number of nitro groups is 1. The number of carbonyl (C=O) groups is 3. The lowest BCUT2D eigenvalue weighted by molar-refractivity contribution is -0.384. The molecule has 1 aromatic heterocycles. The number of nitro benzene ring substituents is 1. The van der Waals surface area contributed by atoms with Crippen LogP contribution in [0.15, 0.2) is 121 Å². The lowest BCUT2D eigenvalue weighted by Gasteiger charge is -2.24. The molecule has 0 N–H and O–H groups in total. The Morgan fingerprint density at radius 2 is 1.27 bits per heavy atom. The summed E-state index contributed by atoms with van der Waals surface area (Å²) in [5.74, 6) is -2.09. The molecule has 0 saturated carbocycles. The van der Waals surface area contributed by atoms with Gasteiger partial charge in [-0.05, 0) is 48.5 Å². The molecule has 0 bridgehead atoms. The van der Waals surface area contributed by atoms with Gasteiger partial charge in [0.2, 0.25) is 0 Å². The van der Waals surface area contributed by atoms with Gasteiger partial charge in [-0.2, -0.15) is 0 Å². The Labute approximate surface area is 278 Å². The van der Waals surface area contributed by atoms with Gasteiger partial charge in [-0.15, -0.1) is 5.10 Å². The lowest BCUT2D eigenvalue weighted by atomic mass is 10.1. The van der Waals surface area contributed by atoms with Crippen LogP contribution in [0.4, 0.5) is 5.69 Å². The summed E-state index contributed by atoms with van der Waals surface area (Å²) in [6, 6.07) is 30.5. The van der Waals surface area contributed by atoms with Gasteiger partial charge in [0, 0.05) is 12.1 Å². The second-order valence-corrected chi connectivity index (χ2v) is 10.7. The molecule has 5 aromatic rings. The summed E-state index contributed by atoms with van der Waals surface area (Å²) < 4.78 is 30.8. The van der Waals surface area contributed by atoms with E-state index in [4.69, 9.17) is 23.7 Å². The largest absolute Gasteiger partial charge is 0.459 e. The van der Waals surface area contributed by atoms with Crippen LogP contribution in [0, 0.1) is 10.1 Å². The van der Waals surface area contributed by atoms with Gasteiger partial charge in [-0.3, -0.25) is 10.1 Å². The number of hydrogen-bond acceptors (Lipinski definition) is 12. The summed E-state index contributed by atoms with van der Waals surface area (Å²) in [5, 5.41) is 19.2. The van der Waals surface area contributed by atoms with E-state index < -0.39 is 47.4 Å². The Kier molecular flexibility index (Phi) is 10.1. The van der Waals surface area contributed by atoms with Crippen LogP contribution in [0.5, 0.6) is 0 Å². The first kappa shape index (κ1) is 32.7. The maximum Gasteiger partial charge on any atom is 0.338 e. The lowest BCUT2D eigenvalue weighted by Crippen LogP contribution is -2.42. The van der Waals surface area contributed by atoms with Crippen molar-refractivity contribution in [2.75, 3.05) is 6.61 Å². The van der Waals surface area contributed by atoms with Crippen molar-refractivity contribution in [3.8, 4) is 5.69 Å². The van der Waals surface area contributed by atoms with Gasteiger partial charge in [0.05, 0.1) is 40.1 Å². The Morgan fingerprint density at radius 1 is 0.735 bits per heavy atom. The standard InChI is InChI=1S/C35H28N4O10/c40-32(23-10-4-1-5-11-23)45-22-29-30(48-33(41)24-12-6-2-7-13-24)31(49-34(42)25-14-8-3-9-15-25)35(47-29)46-21-26-20-38(37-36-26)27-16-18-28(19-17-27)39(43)44/h1-20,29-31,35H,21-22H2. The van der Waals surface area contributed by atoms with Crippen molar-refractivity contribution in [2.45, 2.75) is 31.2 Å². The molecule has 49 heavy (non-hydrogen) atoms. The summed E-state index contributed by atoms with van der Waals surface area (Å²) in [6.07, 6.45) is -3.41. The third kappa shape index (κ3) is 8.01. The molecule has 1 saturated heterocycles. The highest BCUT2D eigenvalue weighted by atomic mass is 16.7. The molecule has 4 aromatic carbocycles. The molecule has 0 aliphatic carbocycles. The molecular formula is C35H28N4O10. The Hall–Kier alpha value is -6.25. The van der Waals surface area contributed by atoms with Gasteiger partial charge < -0.3 is 23.7 Å². The van der Waals surface area contributed by atoms with Crippen molar-refractivity contribution < 1.29 is 43.0 Å². The topological polar surface area (TPSA) is 171 Å². The molecule has 1 fully saturated rings. The summed E-state index contributed by atoms with van der Waals surface area (Å²) in [7, 11) is 0. The molecule has 4 unspecified atom stereocenters. The van der Waals surface area contributed by atoms with Crippen molar-refractivity contribution in [1.82, 2.24) is 15.0 Å². The number of esters is 3. The number of ether oxygens (including phenoxy) is 5. The molecule has 14 nitrogen and oxygen atoms in total. The first-order valence-corrected chi connectivity index (χ1v) is 15.0. The van der Waals surface area contributed by atoms with E-state index in [0.717, 1.165) is 0 Å². The van der Waals surface area contributed by atoms with E-state index in [-0.39, 0.29) is 30.0 Å². The highest BCUT2D eigenvalue weighted by Crippen LogP contribution is 2.31. The van der Waals surface area contributed by atoms with E-state index in [9.17, 15) is 24.5 Å². The predicted molar refractivity (Wildman–Crippen MR) is 169 cm³/mol. The molecule has 14 heteroatoms. The maximum absolute atomic E-state index is 13.3. The fraction of sp³-hybridized carbons (Fsp3) is 0.171. The van der Waals surface area contributed by atoms with Gasteiger partial charge in [-0.25, -0.2) is 19.1 Å². The number of benzene rings is 4. The molecule has 1 aliphatic heterocycles. The van der Waals surface area contributed by atoms with Crippen molar-refractivity contribution in [1.29, 1.82) is 0 Å². The molecule has 248 valence electrons. The minimum absolute atomic E-state index is 0.0755. The molecule has 0 radical (unpaired) electrons. The molecule has 6 rings (SSSR count). The van der Waals surface area contributed by atoms with Crippen molar-refractivity contribution in [2.24, 2.45) is 0 Å². The average molecular weight is 665 g/mol. The van der Waals surface area contributed by atoms with E-state index in [0.29, 0.717) is 16.9 Å². The van der Waals surface area contributed by atoms with E-state index in [1.54, 1.807) is 97.2 Å². The summed E-state index contributed by atoms with van der Waals surface area (Å²) in [5.41, 5.74) is 1.56. The second kappa shape index (κ2) is 15.1. The molecule has 2 heterocycles. The zero-order chi connectivity index (χ0) is 34.2. The zero-order valence-corrected chi connectivity index (χ0v) is 25.6. The number of carbonyl (C=O) groups excluding carboxylic acids is 3. The number of nitrogens with zero attached hydrogens (tertiary/aromatic N) is 4. The van der Waals surface area contributed by atoms with Crippen molar-refractivity contribution in [3.63, 3.8) is 0 Å². The highest BCUT2D eigenvalue weighted by Gasteiger charge is 2.51. The first-order chi connectivity index (χ1) is 23.9. The number of aromatic nitrogens is 3. The third-order valence-electron chi connectivity index (χ3n) is 7.42. The van der Waals surface area contributed by atoms with E-state index in [2.05, 4.69) is 10.3 Å². The summed E-state index contributed by atoms with van der Waals surface area (Å²) in [4.78, 5) is 49.9. The van der Waals surface area contributed by atoms with Crippen LogP contribution in [0.3, 0.4) is 0 Å². The zero-order valence-electron chi connectivity index (χ0n) is 25.6. The van der Waals surface area contributed by atoms with Gasteiger partial charge in [0.1, 0.15) is 18.4 Å². The first-order valence-electron chi connectivity index (χ1n) is 15.0. The van der Waals surface area contributed by atoms with Crippen LogP contribution < -0.4 is 0 Å². The predicted octanol–water partition coefficient (Wildman–Crippen LogP) is 4.73. The number of rotatable bonds is 12. The smallest absolute Gasteiger partial charge is 0.338 e. The van der Waals surface area contributed by atoms with E-state index >= 15 is 0 Å². The number of hydrogen-bond donors (Lipinski definition) is 0. The molecular weight excluding hydrogens is 636 g/mol. The van der Waals surface area contributed by atoms with Gasteiger partial charge in [0.25, 0.3) is 5.69 Å². The minimum Gasteiger partial charge on any atom is -0.459 e. The van der Waals surface area contributed by atoms with Gasteiger partial charge in [0.15, 0.2) is 18.5 Å². The van der Waals surface area contributed by atoms with Crippen LogP contribution in [0.2, 0.25) is 0 Å². The van der Waals surface area contributed by atoms with E-state index in [1.807, 2.05) is 0 Å². The Balaban J connectivity index is 1.24. The molecule has 0 spiro atoms.